The molecule has 0 bridgehead atoms. The number of ketones is 1. The third-order valence-corrected chi connectivity index (χ3v) is 5.78. The molecule has 4 N–H and O–H groups in total. The van der Waals surface area contributed by atoms with Crippen molar-refractivity contribution >= 4 is 23.5 Å². The quantitative estimate of drug-likeness (QED) is 0.233. The molecule has 3 amide bonds. The van der Waals surface area contributed by atoms with Crippen molar-refractivity contribution in [2.24, 2.45) is 29.6 Å². The van der Waals surface area contributed by atoms with Crippen molar-refractivity contribution in [1.29, 1.82) is 0 Å². The topological polar surface area (TPSA) is 125 Å². The number of Topliss-reactive ketones (excluding diaryl/α,β-unsaturated/α-hetero) is 1. The molecule has 0 saturated carbocycles. The first-order valence-corrected chi connectivity index (χ1v) is 12.9. The fourth-order valence-electron chi connectivity index (χ4n) is 3.78. The maximum atomic E-state index is 15.0. The Morgan fingerprint density at radius 2 is 1.36 bits per heavy atom. The number of aliphatic hydroxyl groups excluding tert-OH is 1. The molecule has 0 spiro atoms. The summed E-state index contributed by atoms with van der Waals surface area (Å²) in [5.41, 5.74) is 0. The maximum Gasteiger partial charge on any atom is 0.351 e. The first-order chi connectivity index (χ1) is 16.4. The molecule has 36 heavy (non-hydrogen) atoms. The Morgan fingerprint density at radius 1 is 0.806 bits per heavy atom. The first-order valence-electron chi connectivity index (χ1n) is 12.9. The van der Waals surface area contributed by atoms with E-state index in [0.717, 1.165) is 0 Å². The van der Waals surface area contributed by atoms with E-state index in [1.54, 1.807) is 27.7 Å². The first kappa shape index (κ1) is 33.9. The van der Waals surface area contributed by atoms with Crippen molar-refractivity contribution in [3.05, 3.63) is 0 Å². The van der Waals surface area contributed by atoms with Crippen LogP contribution in [0.5, 0.6) is 0 Å². The fraction of sp³-hybridized carbons (Fsp3) is 0.846. The minimum atomic E-state index is -4.30. The summed E-state index contributed by atoms with van der Waals surface area (Å²) < 4.78 is 30.0. The highest BCUT2D eigenvalue weighted by atomic mass is 19.3. The van der Waals surface area contributed by atoms with E-state index < -0.39 is 47.7 Å². The Hall–Kier alpha value is -2.10. The normalized spacial score (nSPS) is 15.6. The Morgan fingerprint density at radius 3 is 1.81 bits per heavy atom. The molecule has 8 nitrogen and oxygen atoms in total. The molecule has 0 aromatic heterocycles. The molecule has 0 aliphatic heterocycles. The third-order valence-electron chi connectivity index (χ3n) is 5.78. The van der Waals surface area contributed by atoms with E-state index in [1.807, 2.05) is 33.0 Å². The van der Waals surface area contributed by atoms with Gasteiger partial charge in [0, 0.05) is 13.0 Å². The molecule has 210 valence electrons. The van der Waals surface area contributed by atoms with E-state index in [1.165, 1.54) is 6.92 Å². The fourth-order valence-corrected chi connectivity index (χ4v) is 3.78. The highest BCUT2D eigenvalue weighted by Gasteiger charge is 2.51. The van der Waals surface area contributed by atoms with Crippen LogP contribution in [-0.2, 0) is 19.2 Å². The number of alkyl halides is 2. The molecule has 0 radical (unpaired) electrons. The largest absolute Gasteiger partial charge is 0.384 e. The molecule has 0 aromatic rings. The summed E-state index contributed by atoms with van der Waals surface area (Å²) in [4.78, 5) is 50.1. The van der Waals surface area contributed by atoms with Gasteiger partial charge in [-0.1, -0.05) is 55.4 Å². The molecule has 4 atom stereocenters. The average molecular weight is 520 g/mol. The van der Waals surface area contributed by atoms with Crippen molar-refractivity contribution in [2.75, 3.05) is 6.54 Å². The Labute approximate surface area is 214 Å². The van der Waals surface area contributed by atoms with Gasteiger partial charge in [0.25, 0.3) is 5.91 Å². The number of carbonyl (C=O) groups is 4. The lowest BCUT2D eigenvalue weighted by Crippen LogP contribution is -2.60. The smallest absolute Gasteiger partial charge is 0.351 e. The van der Waals surface area contributed by atoms with Gasteiger partial charge in [0.15, 0.2) is 0 Å². The molecule has 0 aliphatic rings. The van der Waals surface area contributed by atoms with Crippen molar-refractivity contribution < 1.29 is 33.1 Å². The zero-order valence-electron chi connectivity index (χ0n) is 23.3. The monoisotopic (exact) mass is 519 g/mol. The van der Waals surface area contributed by atoms with Crippen molar-refractivity contribution in [3.63, 3.8) is 0 Å². The highest BCUT2D eigenvalue weighted by molar-refractivity contribution is 6.01. The molecule has 0 aromatic carbocycles. The van der Waals surface area contributed by atoms with E-state index in [4.69, 9.17) is 0 Å². The minimum Gasteiger partial charge on any atom is -0.384 e. The third kappa shape index (κ3) is 11.3. The van der Waals surface area contributed by atoms with Crippen molar-refractivity contribution in [1.82, 2.24) is 16.0 Å². The second-order valence-electron chi connectivity index (χ2n) is 11.3. The van der Waals surface area contributed by atoms with Gasteiger partial charge in [-0.2, -0.15) is 8.78 Å². The number of hydrogen-bond donors (Lipinski definition) is 4. The summed E-state index contributed by atoms with van der Waals surface area (Å²) >= 11 is 0. The minimum absolute atomic E-state index is 0.0150. The van der Waals surface area contributed by atoms with Crippen LogP contribution in [0, 0.1) is 29.6 Å². The lowest BCUT2D eigenvalue weighted by Gasteiger charge is -2.32. The molecule has 10 heteroatoms. The predicted molar refractivity (Wildman–Crippen MR) is 135 cm³/mol. The lowest BCUT2D eigenvalue weighted by molar-refractivity contribution is -0.169. The van der Waals surface area contributed by atoms with E-state index >= 15 is 8.78 Å². The van der Waals surface area contributed by atoms with Crippen LogP contribution >= 0.6 is 0 Å². The maximum absolute atomic E-state index is 15.0. The van der Waals surface area contributed by atoms with Crippen LogP contribution in [0.1, 0.15) is 81.6 Å². The summed E-state index contributed by atoms with van der Waals surface area (Å²) in [5, 5.41) is 17.5. The van der Waals surface area contributed by atoms with Gasteiger partial charge in [0.05, 0.1) is 12.0 Å². The lowest BCUT2D eigenvalue weighted by atomic mass is 9.85. The molecular weight excluding hydrogens is 472 g/mol. The highest BCUT2D eigenvalue weighted by Crippen LogP contribution is 2.26. The second-order valence-corrected chi connectivity index (χ2v) is 11.3. The van der Waals surface area contributed by atoms with Gasteiger partial charge < -0.3 is 21.1 Å². The van der Waals surface area contributed by atoms with Crippen LogP contribution in [0.15, 0.2) is 0 Å². The van der Waals surface area contributed by atoms with Gasteiger partial charge >= 0.3 is 5.92 Å². The Kier molecular flexibility index (Phi) is 14.3. The van der Waals surface area contributed by atoms with Crippen LogP contribution in [0.4, 0.5) is 8.78 Å². The number of amides is 3. The Balaban J connectivity index is 5.56. The second kappa shape index (κ2) is 15.2. The number of hydrogen-bond acceptors (Lipinski definition) is 5. The van der Waals surface area contributed by atoms with E-state index in [2.05, 4.69) is 10.6 Å². The molecule has 0 aliphatic carbocycles. The van der Waals surface area contributed by atoms with Gasteiger partial charge in [-0.3, -0.25) is 19.2 Å². The van der Waals surface area contributed by atoms with Crippen molar-refractivity contribution in [2.45, 2.75) is 106 Å². The number of aliphatic hydroxyl groups is 1. The molecule has 4 unspecified atom stereocenters. The van der Waals surface area contributed by atoms with Crippen LogP contribution in [-0.4, -0.2) is 59.3 Å². The van der Waals surface area contributed by atoms with Crippen LogP contribution in [0.3, 0.4) is 0 Å². The number of halogens is 2. The summed E-state index contributed by atoms with van der Waals surface area (Å²) in [6.07, 6.45) is -1.77. The zero-order chi connectivity index (χ0) is 28.4. The standard InChI is InChI=1S/C26H47F2N3O5/c1-14(2)10-11-29-23(34)18(9)30-25(36)26(27,28)22(33)19(12-15(3)4)31-24(35)21(17(7)8)20(32)13-16(5)6/h14-19,21-22,33H,10-13H2,1-9H3,(H,29,34)(H,30,36)(H,31,35). The van der Waals surface area contributed by atoms with Crippen LogP contribution in [0.25, 0.3) is 0 Å². The zero-order valence-corrected chi connectivity index (χ0v) is 23.3. The summed E-state index contributed by atoms with van der Waals surface area (Å²) in [6.45, 7) is 16.0. The molecule has 0 fully saturated rings. The number of carbonyl (C=O) groups excluding carboxylic acids is 4. The van der Waals surface area contributed by atoms with E-state index in [-0.39, 0.29) is 36.4 Å². The van der Waals surface area contributed by atoms with E-state index in [9.17, 15) is 24.3 Å². The average Bonchev–Trinajstić information content (AvgIpc) is 2.70. The number of nitrogens with one attached hydrogen (secondary N) is 3. The molecule has 0 heterocycles. The molecule has 0 saturated heterocycles. The molecule has 0 rings (SSSR count). The van der Waals surface area contributed by atoms with Gasteiger partial charge in [0.1, 0.15) is 17.9 Å². The van der Waals surface area contributed by atoms with Gasteiger partial charge in [-0.05, 0) is 43.4 Å². The van der Waals surface area contributed by atoms with Crippen LogP contribution < -0.4 is 16.0 Å². The summed E-state index contributed by atoms with van der Waals surface area (Å²) in [6, 6.07) is -2.73. The van der Waals surface area contributed by atoms with Crippen molar-refractivity contribution in [3.8, 4) is 0 Å². The Bertz CT molecular complexity index is 741. The summed E-state index contributed by atoms with van der Waals surface area (Å²) in [7, 11) is 0. The predicted octanol–water partition coefficient (Wildman–Crippen LogP) is 3.07. The van der Waals surface area contributed by atoms with E-state index in [0.29, 0.717) is 18.9 Å². The number of rotatable bonds is 16. The van der Waals surface area contributed by atoms with Gasteiger partial charge in [-0.25, -0.2) is 0 Å². The van der Waals surface area contributed by atoms with Gasteiger partial charge in [-0.15, -0.1) is 0 Å². The van der Waals surface area contributed by atoms with Crippen LogP contribution in [0.2, 0.25) is 0 Å². The molecular formula is C26H47F2N3O5. The van der Waals surface area contributed by atoms with Gasteiger partial charge in [0.2, 0.25) is 11.8 Å². The summed E-state index contributed by atoms with van der Waals surface area (Å²) in [5.74, 6) is -9.11. The SMILES string of the molecule is CC(C)CCNC(=O)C(C)NC(=O)C(F)(F)C(O)C(CC(C)C)NC(=O)C(C(=O)CC(C)C)C(C)C.